The average Bonchev–Trinajstić information content (AvgIpc) is 3.19. The van der Waals surface area contributed by atoms with E-state index in [1.54, 1.807) is 6.08 Å². The number of anilines is 1. The Balaban J connectivity index is 1.74. The molecule has 1 fully saturated rings. The number of thioether (sulfide) groups is 1. The summed E-state index contributed by atoms with van der Waals surface area (Å²) < 4.78 is 41.5. The van der Waals surface area contributed by atoms with Crippen molar-refractivity contribution in [2.75, 3.05) is 4.90 Å². The van der Waals surface area contributed by atoms with Gasteiger partial charge >= 0.3 is 6.18 Å². The van der Waals surface area contributed by atoms with Gasteiger partial charge in [0.15, 0.2) is 4.32 Å². The number of carbonyl (C=O) groups is 1. The molecule has 4 rings (SSSR count). The minimum atomic E-state index is -4.50. The molecule has 154 valence electrons. The van der Waals surface area contributed by atoms with Gasteiger partial charge in [-0.2, -0.15) is 13.2 Å². The molecule has 1 aliphatic heterocycles. The largest absolute Gasteiger partial charge is 0.416 e. The number of fused-ring (bicyclic) bond motifs is 1. The van der Waals surface area contributed by atoms with Crippen molar-refractivity contribution in [3.8, 4) is 0 Å². The number of thiocarbonyl (C=S) groups is 1. The highest BCUT2D eigenvalue weighted by Crippen LogP contribution is 2.39. The number of para-hydroxylation sites is 1. The van der Waals surface area contributed by atoms with Crippen LogP contribution in [0.5, 0.6) is 0 Å². The van der Waals surface area contributed by atoms with Gasteiger partial charge in [0, 0.05) is 28.7 Å². The fourth-order valence-electron chi connectivity index (χ4n) is 3.43. The van der Waals surface area contributed by atoms with Crippen LogP contribution in [0.25, 0.3) is 17.0 Å². The normalized spacial score (nSPS) is 16.5. The Morgan fingerprint density at radius 1 is 1.10 bits per heavy atom. The monoisotopic (exact) mass is 446 g/mol. The van der Waals surface area contributed by atoms with E-state index in [1.807, 2.05) is 30.5 Å². The second-order valence-electron chi connectivity index (χ2n) is 7.17. The van der Waals surface area contributed by atoms with Gasteiger partial charge in [0.05, 0.1) is 16.2 Å². The quantitative estimate of drug-likeness (QED) is 0.333. The van der Waals surface area contributed by atoms with Crippen molar-refractivity contribution >= 4 is 56.9 Å². The van der Waals surface area contributed by atoms with Gasteiger partial charge in [-0.3, -0.25) is 9.69 Å². The smallest absolute Gasteiger partial charge is 0.344 e. The van der Waals surface area contributed by atoms with E-state index in [2.05, 4.69) is 18.4 Å². The van der Waals surface area contributed by atoms with Crippen LogP contribution in [0.2, 0.25) is 0 Å². The molecular weight excluding hydrogens is 429 g/mol. The van der Waals surface area contributed by atoms with Crippen LogP contribution in [-0.2, 0) is 11.0 Å². The van der Waals surface area contributed by atoms with Crippen molar-refractivity contribution in [2.45, 2.75) is 26.1 Å². The molecule has 0 bridgehead atoms. The number of aromatic nitrogens is 1. The second kappa shape index (κ2) is 7.59. The summed E-state index contributed by atoms with van der Waals surface area (Å²) in [7, 11) is 0. The van der Waals surface area contributed by atoms with E-state index in [4.69, 9.17) is 12.2 Å². The lowest BCUT2D eigenvalue weighted by atomic mass is 10.1. The third-order valence-electron chi connectivity index (χ3n) is 4.84. The van der Waals surface area contributed by atoms with E-state index in [-0.39, 0.29) is 16.0 Å². The Hall–Kier alpha value is -2.58. The maximum atomic E-state index is 13.1. The van der Waals surface area contributed by atoms with Crippen LogP contribution in [0.15, 0.2) is 59.6 Å². The molecule has 8 heteroatoms. The Kier molecular flexibility index (Phi) is 5.23. The molecule has 0 N–H and O–H groups in total. The van der Waals surface area contributed by atoms with Crippen LogP contribution in [0, 0.1) is 0 Å². The predicted octanol–water partition coefficient (Wildman–Crippen LogP) is 6.65. The van der Waals surface area contributed by atoms with Gasteiger partial charge < -0.3 is 4.57 Å². The van der Waals surface area contributed by atoms with Crippen molar-refractivity contribution in [1.82, 2.24) is 4.57 Å². The summed E-state index contributed by atoms with van der Waals surface area (Å²) in [6.45, 7) is 4.15. The molecule has 3 nitrogen and oxygen atoms in total. The predicted molar refractivity (Wildman–Crippen MR) is 119 cm³/mol. The lowest BCUT2D eigenvalue weighted by molar-refractivity contribution is -0.137. The molecule has 30 heavy (non-hydrogen) atoms. The van der Waals surface area contributed by atoms with Crippen molar-refractivity contribution < 1.29 is 18.0 Å². The summed E-state index contributed by atoms with van der Waals surface area (Å²) in [5.74, 6) is -0.425. The van der Waals surface area contributed by atoms with E-state index in [9.17, 15) is 18.0 Å². The molecule has 0 radical (unpaired) electrons. The van der Waals surface area contributed by atoms with Crippen molar-refractivity contribution in [2.24, 2.45) is 0 Å². The van der Waals surface area contributed by atoms with Gasteiger partial charge in [0.2, 0.25) is 0 Å². The van der Waals surface area contributed by atoms with E-state index in [0.717, 1.165) is 45.3 Å². The van der Waals surface area contributed by atoms with Gasteiger partial charge in [-0.1, -0.05) is 48.2 Å². The fourth-order valence-corrected chi connectivity index (χ4v) is 4.72. The summed E-state index contributed by atoms with van der Waals surface area (Å²) >= 11 is 6.40. The van der Waals surface area contributed by atoms with Crippen molar-refractivity contribution in [3.05, 3.63) is 70.8 Å². The number of hydrogen-bond donors (Lipinski definition) is 0. The molecule has 2 aromatic carbocycles. The molecule has 0 spiro atoms. The van der Waals surface area contributed by atoms with E-state index in [1.165, 1.54) is 12.1 Å². The lowest BCUT2D eigenvalue weighted by Gasteiger charge is -2.16. The summed E-state index contributed by atoms with van der Waals surface area (Å²) in [4.78, 5) is 14.6. The first-order valence-corrected chi connectivity index (χ1v) is 10.4. The molecule has 3 aromatic rings. The first-order chi connectivity index (χ1) is 14.2. The van der Waals surface area contributed by atoms with Gasteiger partial charge in [-0.25, -0.2) is 0 Å². The first kappa shape index (κ1) is 20.7. The highest BCUT2D eigenvalue weighted by Gasteiger charge is 2.36. The van der Waals surface area contributed by atoms with E-state index < -0.39 is 17.6 Å². The summed E-state index contributed by atoms with van der Waals surface area (Å²) in [6.07, 6.45) is -0.759. The molecule has 0 saturated carbocycles. The fraction of sp³-hybridized carbons (Fsp3) is 0.182. The van der Waals surface area contributed by atoms with Gasteiger partial charge in [-0.05, 0) is 44.2 Å². The van der Waals surface area contributed by atoms with Crippen LogP contribution in [-0.4, -0.2) is 14.8 Å². The zero-order chi connectivity index (χ0) is 21.6. The average molecular weight is 447 g/mol. The van der Waals surface area contributed by atoms with E-state index >= 15 is 0 Å². The molecule has 1 amide bonds. The zero-order valence-corrected chi connectivity index (χ0v) is 17.7. The molecule has 2 heterocycles. The summed E-state index contributed by atoms with van der Waals surface area (Å²) in [6, 6.07) is 12.8. The number of benzene rings is 2. The molecule has 1 aliphatic rings. The number of rotatable bonds is 3. The Morgan fingerprint density at radius 2 is 1.83 bits per heavy atom. The van der Waals surface area contributed by atoms with Crippen LogP contribution in [0.1, 0.15) is 31.0 Å². The Labute approximate surface area is 181 Å². The maximum Gasteiger partial charge on any atom is 0.416 e. The van der Waals surface area contributed by atoms with Gasteiger partial charge in [0.25, 0.3) is 5.91 Å². The zero-order valence-electron chi connectivity index (χ0n) is 16.1. The number of nitrogens with zero attached hydrogens (tertiary/aromatic N) is 2. The maximum absolute atomic E-state index is 13.1. The molecule has 0 unspecified atom stereocenters. The Bertz CT molecular complexity index is 1190. The summed E-state index contributed by atoms with van der Waals surface area (Å²) in [5, 5.41) is 0.996. The van der Waals surface area contributed by atoms with Gasteiger partial charge in [0.1, 0.15) is 0 Å². The number of halogens is 3. The number of hydrogen-bond acceptors (Lipinski definition) is 3. The highest BCUT2D eigenvalue weighted by atomic mass is 32.2. The van der Waals surface area contributed by atoms with Crippen LogP contribution in [0.3, 0.4) is 0 Å². The number of amides is 1. The Morgan fingerprint density at radius 3 is 2.53 bits per heavy atom. The topological polar surface area (TPSA) is 25.2 Å². The molecular formula is C22H17F3N2OS2. The first-order valence-electron chi connectivity index (χ1n) is 9.21. The third kappa shape index (κ3) is 3.65. The van der Waals surface area contributed by atoms with Gasteiger partial charge in [-0.15, -0.1) is 0 Å². The molecule has 0 atom stereocenters. The number of carbonyl (C=O) groups excluding carboxylic acids is 1. The lowest BCUT2D eigenvalue weighted by Crippen LogP contribution is -2.27. The SMILES string of the molecule is CC(C)n1cc(/C=C2\SC(=S)N(c3cccc(C(F)(F)F)c3)C2=O)c2ccccc21. The second-order valence-corrected chi connectivity index (χ2v) is 8.84. The molecule has 1 saturated heterocycles. The minimum Gasteiger partial charge on any atom is -0.344 e. The molecule has 0 aliphatic carbocycles. The highest BCUT2D eigenvalue weighted by molar-refractivity contribution is 8.27. The van der Waals surface area contributed by atoms with Crippen molar-refractivity contribution in [3.63, 3.8) is 0 Å². The van der Waals surface area contributed by atoms with Crippen LogP contribution >= 0.6 is 24.0 Å². The third-order valence-corrected chi connectivity index (χ3v) is 6.14. The minimum absolute atomic E-state index is 0.111. The number of alkyl halides is 3. The molecule has 1 aromatic heterocycles. The van der Waals surface area contributed by atoms with Crippen LogP contribution in [0.4, 0.5) is 18.9 Å². The van der Waals surface area contributed by atoms with E-state index in [0.29, 0.717) is 4.91 Å². The van der Waals surface area contributed by atoms with Crippen LogP contribution < -0.4 is 4.90 Å². The summed E-state index contributed by atoms with van der Waals surface area (Å²) in [5.41, 5.74) is 1.20. The standard InChI is InChI=1S/C22H17F3N2OS2/c1-13(2)26-12-14(17-8-3-4-9-18(17)26)10-19-20(28)27(21(29)30-19)16-7-5-6-15(11-16)22(23,24)25/h3-13H,1-2H3/b19-10-. The van der Waals surface area contributed by atoms with Crippen molar-refractivity contribution in [1.29, 1.82) is 0 Å².